The summed E-state index contributed by atoms with van der Waals surface area (Å²) in [6.07, 6.45) is 0. The van der Waals surface area contributed by atoms with Gasteiger partial charge in [0.2, 0.25) is 0 Å². The lowest BCUT2D eigenvalue weighted by Gasteiger charge is -2.17. The predicted octanol–water partition coefficient (Wildman–Crippen LogP) is 7.78. The summed E-state index contributed by atoms with van der Waals surface area (Å²) in [6, 6.07) is 19.9. The minimum absolute atomic E-state index is 1.01. The third-order valence-corrected chi connectivity index (χ3v) is 6.65. The molecule has 0 fully saturated rings. The minimum Gasteiger partial charge on any atom is -0.0811 e. The molecule has 23 heavy (non-hydrogen) atoms. The van der Waals surface area contributed by atoms with Crippen LogP contribution >= 0.6 is 61.1 Å². The van der Waals surface area contributed by atoms with E-state index in [0.29, 0.717) is 0 Å². The Morgan fingerprint density at radius 2 is 1.30 bits per heavy atom. The van der Waals surface area contributed by atoms with E-state index in [1.807, 2.05) is 0 Å². The lowest BCUT2D eigenvalue weighted by Crippen LogP contribution is -1.94. The van der Waals surface area contributed by atoms with Crippen molar-refractivity contribution < 1.29 is 0 Å². The van der Waals surface area contributed by atoms with Gasteiger partial charge in [-0.15, -0.1) is 0 Å². The molecule has 4 aromatic carbocycles. The summed E-state index contributed by atoms with van der Waals surface area (Å²) in [4.78, 5) is 0. The van der Waals surface area contributed by atoms with Crippen LogP contribution in [0.4, 0.5) is 0 Å². The van der Waals surface area contributed by atoms with Crippen LogP contribution in [-0.2, 0) is 8.86 Å². The molecule has 0 bridgehead atoms. The highest BCUT2D eigenvalue weighted by atomic mass is 127. The van der Waals surface area contributed by atoms with Crippen molar-refractivity contribution >= 4 is 93.4 Å². The Morgan fingerprint density at radius 1 is 0.652 bits per heavy atom. The van der Waals surface area contributed by atoms with Crippen LogP contribution in [-0.4, -0.2) is 0 Å². The molecular formula is C20H13BrI2. The highest BCUT2D eigenvalue weighted by Crippen LogP contribution is 2.41. The largest absolute Gasteiger partial charge is 0.0811 e. The standard InChI is InChI=1S/C20H13BrI2/c21-18-7-3-6-14-16(10-22)19-13-5-2-1-4-12(13)8-9-15(19)17(11-23)20(14)18/h1-9H,10-11H2. The highest BCUT2D eigenvalue weighted by Gasteiger charge is 2.16. The monoisotopic (exact) mass is 586 g/mol. The number of hydrogen-bond donors (Lipinski definition) is 0. The molecule has 0 spiro atoms. The summed E-state index contributed by atoms with van der Waals surface area (Å²) in [5, 5.41) is 8.25. The third kappa shape index (κ3) is 2.50. The minimum atomic E-state index is 1.01. The van der Waals surface area contributed by atoms with Crippen LogP contribution in [0.2, 0.25) is 0 Å². The van der Waals surface area contributed by atoms with Gasteiger partial charge in [0.1, 0.15) is 0 Å². The van der Waals surface area contributed by atoms with Gasteiger partial charge in [0.25, 0.3) is 0 Å². The maximum atomic E-state index is 3.78. The lowest BCUT2D eigenvalue weighted by atomic mass is 9.90. The van der Waals surface area contributed by atoms with Crippen molar-refractivity contribution in [1.29, 1.82) is 0 Å². The molecule has 0 nitrogen and oxygen atoms in total. The van der Waals surface area contributed by atoms with Crippen molar-refractivity contribution in [2.45, 2.75) is 8.86 Å². The molecule has 0 aromatic heterocycles. The quantitative estimate of drug-likeness (QED) is 0.0974. The van der Waals surface area contributed by atoms with Gasteiger partial charge in [-0.3, -0.25) is 0 Å². The highest BCUT2D eigenvalue weighted by molar-refractivity contribution is 14.1. The zero-order valence-electron chi connectivity index (χ0n) is 12.2. The van der Waals surface area contributed by atoms with Gasteiger partial charge in [-0.05, 0) is 44.1 Å². The van der Waals surface area contributed by atoms with Crippen molar-refractivity contribution in [2.24, 2.45) is 0 Å². The third-order valence-electron chi connectivity index (χ3n) is 4.46. The molecule has 0 unspecified atom stereocenters. The molecule has 4 rings (SSSR count). The average molecular weight is 587 g/mol. The maximum Gasteiger partial charge on any atom is 0.0259 e. The molecule has 0 N–H and O–H groups in total. The van der Waals surface area contributed by atoms with Crippen molar-refractivity contribution in [3.63, 3.8) is 0 Å². The van der Waals surface area contributed by atoms with Gasteiger partial charge in [0, 0.05) is 18.7 Å². The van der Waals surface area contributed by atoms with Crippen LogP contribution in [0, 0.1) is 0 Å². The van der Waals surface area contributed by atoms with Gasteiger partial charge in [0.05, 0.1) is 0 Å². The van der Waals surface area contributed by atoms with Crippen LogP contribution in [0.5, 0.6) is 0 Å². The fourth-order valence-electron chi connectivity index (χ4n) is 3.48. The van der Waals surface area contributed by atoms with E-state index >= 15 is 0 Å². The molecule has 0 saturated heterocycles. The molecule has 0 aliphatic rings. The first-order valence-corrected chi connectivity index (χ1v) is 11.3. The fraction of sp³-hybridized carbons (Fsp3) is 0.100. The van der Waals surface area contributed by atoms with Gasteiger partial charge in [-0.2, -0.15) is 0 Å². The van der Waals surface area contributed by atoms with Gasteiger partial charge >= 0.3 is 0 Å². The number of alkyl halides is 2. The zero-order valence-corrected chi connectivity index (χ0v) is 18.1. The molecule has 114 valence electrons. The van der Waals surface area contributed by atoms with Crippen molar-refractivity contribution in [2.75, 3.05) is 0 Å². The van der Waals surface area contributed by atoms with Gasteiger partial charge in [-0.25, -0.2) is 0 Å². The van der Waals surface area contributed by atoms with E-state index in [9.17, 15) is 0 Å². The SMILES string of the molecule is Brc1cccc2c(CI)c3c(ccc4ccccc43)c(CI)c12. The van der Waals surface area contributed by atoms with Crippen LogP contribution in [0.1, 0.15) is 11.1 Å². The Balaban J connectivity index is 2.38. The first-order valence-electron chi connectivity index (χ1n) is 7.41. The Hall–Kier alpha value is -0.400. The van der Waals surface area contributed by atoms with E-state index < -0.39 is 0 Å². The van der Waals surface area contributed by atoms with E-state index in [0.717, 1.165) is 8.86 Å². The first kappa shape index (κ1) is 16.1. The molecule has 0 aliphatic heterocycles. The molecule has 0 amide bonds. The van der Waals surface area contributed by atoms with Crippen LogP contribution in [0.25, 0.3) is 32.3 Å². The molecule has 0 heterocycles. The number of fused-ring (bicyclic) bond motifs is 4. The summed E-state index contributed by atoms with van der Waals surface area (Å²) >= 11 is 8.77. The normalized spacial score (nSPS) is 11.6. The number of benzene rings is 4. The Bertz CT molecular complexity index is 1050. The number of halogens is 3. The van der Waals surface area contributed by atoms with Crippen molar-refractivity contribution in [3.8, 4) is 0 Å². The molecule has 4 aromatic rings. The second-order valence-corrected chi connectivity index (χ2v) is 7.98. The summed E-state index contributed by atoms with van der Waals surface area (Å²) in [5.41, 5.74) is 2.88. The van der Waals surface area contributed by atoms with E-state index in [1.54, 1.807) is 0 Å². The number of hydrogen-bond acceptors (Lipinski definition) is 0. The van der Waals surface area contributed by atoms with Crippen molar-refractivity contribution in [1.82, 2.24) is 0 Å². The Morgan fingerprint density at radius 3 is 2.09 bits per heavy atom. The Labute approximate surface area is 171 Å². The summed E-state index contributed by atoms with van der Waals surface area (Å²) < 4.78 is 3.21. The van der Waals surface area contributed by atoms with Crippen molar-refractivity contribution in [3.05, 3.63) is 70.2 Å². The average Bonchev–Trinajstić information content (AvgIpc) is 2.59. The fourth-order valence-corrected chi connectivity index (χ4v) is 5.67. The predicted molar refractivity (Wildman–Crippen MR) is 122 cm³/mol. The molecule has 0 saturated carbocycles. The summed E-state index contributed by atoms with van der Waals surface area (Å²) in [6.45, 7) is 0. The van der Waals surface area contributed by atoms with Gasteiger partial charge < -0.3 is 0 Å². The van der Waals surface area contributed by atoms with E-state index in [1.165, 1.54) is 47.9 Å². The van der Waals surface area contributed by atoms with E-state index in [2.05, 4.69) is 116 Å². The maximum absolute atomic E-state index is 3.78. The van der Waals surface area contributed by atoms with E-state index in [4.69, 9.17) is 0 Å². The topological polar surface area (TPSA) is 0 Å². The second kappa shape index (κ2) is 6.48. The van der Waals surface area contributed by atoms with Crippen LogP contribution < -0.4 is 0 Å². The second-order valence-electron chi connectivity index (χ2n) is 5.60. The smallest absolute Gasteiger partial charge is 0.0259 e. The molecule has 0 radical (unpaired) electrons. The van der Waals surface area contributed by atoms with E-state index in [-0.39, 0.29) is 0 Å². The summed E-state index contributed by atoms with van der Waals surface area (Å²) in [7, 11) is 0. The zero-order chi connectivity index (χ0) is 16.0. The first-order chi connectivity index (χ1) is 11.3. The molecule has 0 aliphatic carbocycles. The van der Waals surface area contributed by atoms with Gasteiger partial charge in [0.15, 0.2) is 0 Å². The molecular weight excluding hydrogens is 574 g/mol. The number of rotatable bonds is 2. The Kier molecular flexibility index (Phi) is 4.54. The van der Waals surface area contributed by atoms with Crippen LogP contribution in [0.15, 0.2) is 59.1 Å². The van der Waals surface area contributed by atoms with Crippen LogP contribution in [0.3, 0.4) is 0 Å². The lowest BCUT2D eigenvalue weighted by molar-refractivity contribution is 1.50. The molecule has 3 heteroatoms. The summed E-state index contributed by atoms with van der Waals surface area (Å²) in [5.74, 6) is 0. The van der Waals surface area contributed by atoms with Gasteiger partial charge in [-0.1, -0.05) is 110 Å². The molecule has 0 atom stereocenters.